The number of aromatic nitrogens is 3. The van der Waals surface area contributed by atoms with E-state index in [4.69, 9.17) is 4.74 Å². The molecule has 0 fully saturated rings. The van der Waals surface area contributed by atoms with Crippen molar-refractivity contribution in [2.24, 2.45) is 0 Å². The molecule has 2 aromatic heterocycles. The van der Waals surface area contributed by atoms with E-state index >= 15 is 0 Å². The zero-order valence-electron chi connectivity index (χ0n) is 12.1. The minimum absolute atomic E-state index is 0.0102. The molecular weight excluding hydrogens is 356 g/mol. The number of halogens is 1. The Morgan fingerprint density at radius 1 is 1.57 bits per heavy atom. The standard InChI is InChI=1S/C13H17BrN4O2S/c1-8-7-21-12(16-8)9(2)17-10-6-15-18(4-5-20-3)13(19)11(10)14/h6-7,9,17H,4-5H2,1-3H3. The van der Waals surface area contributed by atoms with Crippen molar-refractivity contribution in [3.8, 4) is 0 Å². The minimum Gasteiger partial charge on any atom is -0.383 e. The highest BCUT2D eigenvalue weighted by Gasteiger charge is 2.14. The maximum absolute atomic E-state index is 12.2. The zero-order chi connectivity index (χ0) is 15.4. The van der Waals surface area contributed by atoms with Gasteiger partial charge in [-0.05, 0) is 29.8 Å². The second kappa shape index (κ2) is 7.15. The summed E-state index contributed by atoms with van der Waals surface area (Å²) >= 11 is 4.93. The van der Waals surface area contributed by atoms with Crippen LogP contribution >= 0.6 is 27.3 Å². The summed E-state index contributed by atoms with van der Waals surface area (Å²) in [7, 11) is 1.59. The lowest BCUT2D eigenvalue weighted by Crippen LogP contribution is -2.26. The number of methoxy groups -OCH3 is 1. The highest BCUT2D eigenvalue weighted by Crippen LogP contribution is 2.25. The molecule has 1 N–H and O–H groups in total. The smallest absolute Gasteiger partial charge is 0.283 e. The fourth-order valence-electron chi connectivity index (χ4n) is 1.77. The van der Waals surface area contributed by atoms with Crippen LogP contribution in [0.4, 0.5) is 5.69 Å². The van der Waals surface area contributed by atoms with Crippen molar-refractivity contribution in [3.63, 3.8) is 0 Å². The predicted octanol–water partition coefficient (Wildman–Crippen LogP) is 2.59. The minimum atomic E-state index is -0.181. The molecule has 0 spiro atoms. The van der Waals surface area contributed by atoms with Crippen LogP contribution in [0, 0.1) is 6.92 Å². The Labute approximate surface area is 135 Å². The Hall–Kier alpha value is -1.25. The van der Waals surface area contributed by atoms with Gasteiger partial charge in [-0.2, -0.15) is 5.10 Å². The number of hydrogen-bond acceptors (Lipinski definition) is 6. The fourth-order valence-corrected chi connectivity index (χ4v) is 2.99. The van der Waals surface area contributed by atoms with Crippen LogP contribution in [0.5, 0.6) is 0 Å². The van der Waals surface area contributed by atoms with Gasteiger partial charge in [0.05, 0.1) is 31.1 Å². The van der Waals surface area contributed by atoms with Crippen LogP contribution in [0.2, 0.25) is 0 Å². The summed E-state index contributed by atoms with van der Waals surface area (Å²) in [5.41, 5.74) is 1.48. The summed E-state index contributed by atoms with van der Waals surface area (Å²) in [5.74, 6) is 0. The molecular formula is C13H17BrN4O2S. The molecule has 0 saturated heterocycles. The van der Waals surface area contributed by atoms with Crippen molar-refractivity contribution in [1.82, 2.24) is 14.8 Å². The zero-order valence-corrected chi connectivity index (χ0v) is 14.5. The average Bonchev–Trinajstić information content (AvgIpc) is 2.90. The predicted molar refractivity (Wildman–Crippen MR) is 87.0 cm³/mol. The van der Waals surface area contributed by atoms with E-state index in [9.17, 15) is 4.79 Å². The lowest BCUT2D eigenvalue weighted by Gasteiger charge is -2.14. The first-order valence-corrected chi connectivity index (χ1v) is 8.13. The number of ether oxygens (including phenoxy) is 1. The second-order valence-corrected chi connectivity index (χ2v) is 6.27. The van der Waals surface area contributed by atoms with Crippen LogP contribution in [0.3, 0.4) is 0 Å². The molecule has 0 radical (unpaired) electrons. The van der Waals surface area contributed by atoms with E-state index in [0.29, 0.717) is 23.3 Å². The van der Waals surface area contributed by atoms with Gasteiger partial charge < -0.3 is 10.1 Å². The molecule has 1 atom stereocenters. The summed E-state index contributed by atoms with van der Waals surface area (Å²) in [6, 6.07) is 0.0102. The first kappa shape index (κ1) is 16.1. The monoisotopic (exact) mass is 372 g/mol. The van der Waals surface area contributed by atoms with Gasteiger partial charge >= 0.3 is 0 Å². The molecule has 6 nitrogen and oxygen atoms in total. The fraction of sp³-hybridized carbons (Fsp3) is 0.462. The Bertz CT molecular complexity index is 670. The van der Waals surface area contributed by atoms with E-state index in [1.165, 1.54) is 4.68 Å². The van der Waals surface area contributed by atoms with Crippen molar-refractivity contribution in [2.75, 3.05) is 19.0 Å². The molecule has 0 aliphatic carbocycles. The van der Waals surface area contributed by atoms with Crippen molar-refractivity contribution in [3.05, 3.63) is 37.1 Å². The van der Waals surface area contributed by atoms with Crippen LogP contribution < -0.4 is 10.9 Å². The van der Waals surface area contributed by atoms with Crippen molar-refractivity contribution < 1.29 is 4.74 Å². The third-order valence-corrected chi connectivity index (χ3v) is 4.78. The molecule has 1 unspecified atom stereocenters. The molecule has 2 aromatic rings. The molecule has 21 heavy (non-hydrogen) atoms. The average molecular weight is 373 g/mol. The molecule has 114 valence electrons. The van der Waals surface area contributed by atoms with E-state index < -0.39 is 0 Å². The van der Waals surface area contributed by atoms with Gasteiger partial charge in [-0.25, -0.2) is 9.67 Å². The summed E-state index contributed by atoms with van der Waals surface area (Å²) in [5, 5.41) is 10.4. The van der Waals surface area contributed by atoms with E-state index in [1.54, 1.807) is 24.6 Å². The Morgan fingerprint density at radius 2 is 2.33 bits per heavy atom. The largest absolute Gasteiger partial charge is 0.383 e. The van der Waals surface area contributed by atoms with Crippen molar-refractivity contribution >= 4 is 33.0 Å². The van der Waals surface area contributed by atoms with Gasteiger partial charge in [0.15, 0.2) is 0 Å². The molecule has 0 amide bonds. The van der Waals surface area contributed by atoms with E-state index in [1.807, 2.05) is 19.2 Å². The van der Waals surface area contributed by atoms with Gasteiger partial charge in [-0.1, -0.05) is 0 Å². The van der Waals surface area contributed by atoms with Crippen LogP contribution in [0.15, 0.2) is 20.8 Å². The first-order valence-electron chi connectivity index (χ1n) is 6.46. The van der Waals surface area contributed by atoms with Crippen LogP contribution in [-0.4, -0.2) is 28.5 Å². The van der Waals surface area contributed by atoms with Gasteiger partial charge in [-0.3, -0.25) is 4.79 Å². The Balaban J connectivity index is 2.17. The third kappa shape index (κ3) is 3.90. The quantitative estimate of drug-likeness (QED) is 0.843. The summed E-state index contributed by atoms with van der Waals surface area (Å²) in [6.45, 7) is 4.83. The Morgan fingerprint density at radius 3 is 2.95 bits per heavy atom. The van der Waals surface area contributed by atoms with Gasteiger partial charge in [-0.15, -0.1) is 11.3 Å². The number of hydrogen-bond donors (Lipinski definition) is 1. The number of anilines is 1. The van der Waals surface area contributed by atoms with Crippen LogP contribution in [0.25, 0.3) is 0 Å². The molecule has 2 rings (SSSR count). The number of nitrogens with zero attached hydrogens (tertiary/aromatic N) is 3. The maximum atomic E-state index is 12.2. The molecule has 0 aromatic carbocycles. The molecule has 0 saturated carbocycles. The molecule has 0 aliphatic rings. The number of thiazole rings is 1. The number of nitrogens with one attached hydrogen (secondary N) is 1. The summed E-state index contributed by atoms with van der Waals surface area (Å²) in [6.07, 6.45) is 1.64. The van der Waals surface area contributed by atoms with E-state index in [0.717, 1.165) is 10.7 Å². The van der Waals surface area contributed by atoms with Gasteiger partial charge in [0.25, 0.3) is 5.56 Å². The topological polar surface area (TPSA) is 69.0 Å². The lowest BCUT2D eigenvalue weighted by atomic mass is 10.3. The maximum Gasteiger partial charge on any atom is 0.283 e. The van der Waals surface area contributed by atoms with Crippen molar-refractivity contribution in [2.45, 2.75) is 26.4 Å². The third-order valence-electron chi connectivity index (χ3n) is 2.87. The summed E-state index contributed by atoms with van der Waals surface area (Å²) in [4.78, 5) is 16.6. The highest BCUT2D eigenvalue weighted by molar-refractivity contribution is 9.10. The highest BCUT2D eigenvalue weighted by atomic mass is 79.9. The van der Waals surface area contributed by atoms with Crippen molar-refractivity contribution in [1.29, 1.82) is 0 Å². The Kier molecular flexibility index (Phi) is 5.49. The molecule has 0 bridgehead atoms. The molecule has 2 heterocycles. The lowest BCUT2D eigenvalue weighted by molar-refractivity contribution is 0.181. The van der Waals surface area contributed by atoms with Gasteiger partial charge in [0, 0.05) is 18.2 Å². The SMILES string of the molecule is COCCn1ncc(NC(C)c2nc(C)cs2)c(Br)c1=O. The number of rotatable bonds is 6. The van der Waals surface area contributed by atoms with E-state index in [-0.39, 0.29) is 11.6 Å². The second-order valence-electron chi connectivity index (χ2n) is 4.59. The molecule has 0 aliphatic heterocycles. The molecule has 8 heteroatoms. The van der Waals surface area contributed by atoms with Crippen LogP contribution in [0.1, 0.15) is 23.7 Å². The van der Waals surface area contributed by atoms with Crippen LogP contribution in [-0.2, 0) is 11.3 Å². The van der Waals surface area contributed by atoms with E-state index in [2.05, 4.69) is 31.3 Å². The number of aryl methyl sites for hydroxylation is 1. The van der Waals surface area contributed by atoms with Gasteiger partial charge in [0.2, 0.25) is 0 Å². The van der Waals surface area contributed by atoms with Gasteiger partial charge in [0.1, 0.15) is 9.48 Å². The normalized spacial score (nSPS) is 12.4. The summed E-state index contributed by atoms with van der Waals surface area (Å²) < 4.78 is 6.80. The first-order chi connectivity index (χ1) is 10.0.